The highest BCUT2D eigenvalue weighted by Gasteiger charge is 2.25. The van der Waals surface area contributed by atoms with E-state index in [-0.39, 0.29) is 11.8 Å². The zero-order valence-electron chi connectivity index (χ0n) is 14.8. The maximum absolute atomic E-state index is 12.9. The van der Waals surface area contributed by atoms with Crippen LogP contribution in [0.25, 0.3) is 0 Å². The molecule has 1 heterocycles. The molecule has 0 saturated heterocycles. The van der Waals surface area contributed by atoms with Gasteiger partial charge in [-0.1, -0.05) is 19.9 Å². The topological polar surface area (TPSA) is 81.6 Å². The Labute approximate surface area is 148 Å². The zero-order valence-corrected chi connectivity index (χ0v) is 14.8. The van der Waals surface area contributed by atoms with Crippen LogP contribution in [0, 0.1) is 0 Å². The highest BCUT2D eigenvalue weighted by atomic mass is 16.5. The Morgan fingerprint density at radius 1 is 1.16 bits per heavy atom. The number of hydrogen-bond acceptors (Lipinski definition) is 4. The maximum atomic E-state index is 12.9. The van der Waals surface area contributed by atoms with Crippen molar-refractivity contribution < 1.29 is 9.53 Å². The van der Waals surface area contributed by atoms with Gasteiger partial charge in [0.05, 0.1) is 0 Å². The van der Waals surface area contributed by atoms with E-state index < -0.39 is 0 Å². The lowest BCUT2D eigenvalue weighted by molar-refractivity contribution is 0.0751. The molecule has 0 radical (unpaired) electrons. The molecule has 2 aromatic rings. The number of nitrogen functional groups attached to an aromatic ring is 1. The minimum atomic E-state index is 0.0301. The number of benzene rings is 2. The molecule has 0 aliphatic carbocycles. The van der Waals surface area contributed by atoms with Gasteiger partial charge in [0.25, 0.3) is 5.91 Å². The number of hydrogen-bond donors (Lipinski definition) is 2. The Morgan fingerprint density at radius 2 is 1.92 bits per heavy atom. The average Bonchev–Trinajstić information content (AvgIpc) is 3.02. The summed E-state index contributed by atoms with van der Waals surface area (Å²) in [6.07, 6.45) is 0. The number of amides is 1. The molecule has 1 amide bonds. The van der Waals surface area contributed by atoms with E-state index in [0.29, 0.717) is 31.8 Å². The van der Waals surface area contributed by atoms with Crippen LogP contribution in [-0.2, 0) is 13.1 Å². The first-order valence-electron chi connectivity index (χ1n) is 8.63. The lowest BCUT2D eigenvalue weighted by atomic mass is 9.98. The highest BCUT2D eigenvalue weighted by molar-refractivity contribution is 5.95. The summed E-state index contributed by atoms with van der Waals surface area (Å²) in [5, 5.41) is 0. The molecule has 132 valence electrons. The van der Waals surface area contributed by atoms with Crippen molar-refractivity contribution in [3.63, 3.8) is 0 Å². The second-order valence-electron chi connectivity index (χ2n) is 6.73. The van der Waals surface area contributed by atoms with Crippen LogP contribution in [0.1, 0.15) is 46.8 Å². The molecule has 0 saturated carbocycles. The van der Waals surface area contributed by atoms with Crippen LogP contribution in [-0.4, -0.2) is 24.0 Å². The van der Waals surface area contributed by atoms with Gasteiger partial charge in [0.2, 0.25) is 0 Å². The van der Waals surface area contributed by atoms with Crippen molar-refractivity contribution in [3.05, 3.63) is 58.7 Å². The molecule has 2 aromatic carbocycles. The summed E-state index contributed by atoms with van der Waals surface area (Å²) in [4.78, 5) is 14.8. The first kappa shape index (κ1) is 17.3. The van der Waals surface area contributed by atoms with E-state index in [1.165, 1.54) is 0 Å². The van der Waals surface area contributed by atoms with E-state index in [1.807, 2.05) is 41.3 Å². The van der Waals surface area contributed by atoms with Crippen LogP contribution in [0.3, 0.4) is 0 Å². The van der Waals surface area contributed by atoms with Crippen LogP contribution in [0.2, 0.25) is 0 Å². The molecule has 0 fully saturated rings. The standard InChI is InChI=1S/C20H25N3O2/c1-13(2)18-10-14(4-6-19(18)22)20(24)23-11-15-3-5-17(25-8-7-21)9-16(15)12-23/h3-6,9-10,13H,7-8,11-12,21-22H2,1-2H3. The van der Waals surface area contributed by atoms with Crippen molar-refractivity contribution in [3.8, 4) is 5.75 Å². The Morgan fingerprint density at radius 3 is 2.64 bits per heavy atom. The zero-order chi connectivity index (χ0) is 18.0. The fourth-order valence-corrected chi connectivity index (χ4v) is 3.17. The summed E-state index contributed by atoms with van der Waals surface area (Å²) in [6.45, 7) is 6.34. The molecule has 0 spiro atoms. The molecule has 0 atom stereocenters. The molecule has 4 N–H and O–H groups in total. The second-order valence-corrected chi connectivity index (χ2v) is 6.73. The van der Waals surface area contributed by atoms with Crippen LogP contribution in [0.4, 0.5) is 5.69 Å². The molecular weight excluding hydrogens is 314 g/mol. The van der Waals surface area contributed by atoms with E-state index in [0.717, 1.165) is 28.1 Å². The van der Waals surface area contributed by atoms with Gasteiger partial charge >= 0.3 is 0 Å². The summed E-state index contributed by atoms with van der Waals surface area (Å²) in [5.74, 6) is 1.11. The molecule has 5 heteroatoms. The van der Waals surface area contributed by atoms with Crippen LogP contribution >= 0.6 is 0 Å². The summed E-state index contributed by atoms with van der Waals surface area (Å²) >= 11 is 0. The van der Waals surface area contributed by atoms with Gasteiger partial charge in [-0.3, -0.25) is 4.79 Å². The molecule has 0 unspecified atom stereocenters. The number of nitrogens with two attached hydrogens (primary N) is 2. The quantitative estimate of drug-likeness (QED) is 0.821. The third kappa shape index (κ3) is 3.61. The number of nitrogens with zero attached hydrogens (tertiary/aromatic N) is 1. The molecule has 0 aromatic heterocycles. The lowest BCUT2D eigenvalue weighted by Gasteiger charge is -2.17. The van der Waals surface area contributed by atoms with Crippen molar-refractivity contribution in [1.82, 2.24) is 4.90 Å². The summed E-state index contributed by atoms with van der Waals surface area (Å²) in [7, 11) is 0. The number of fused-ring (bicyclic) bond motifs is 1. The fourth-order valence-electron chi connectivity index (χ4n) is 3.17. The number of carbonyl (C=O) groups is 1. The number of ether oxygens (including phenoxy) is 1. The molecule has 3 rings (SSSR count). The Hall–Kier alpha value is -2.53. The molecule has 25 heavy (non-hydrogen) atoms. The van der Waals surface area contributed by atoms with Crippen molar-refractivity contribution in [2.45, 2.75) is 32.9 Å². The van der Waals surface area contributed by atoms with Crippen LogP contribution < -0.4 is 16.2 Å². The van der Waals surface area contributed by atoms with Crippen molar-refractivity contribution in [1.29, 1.82) is 0 Å². The summed E-state index contributed by atoms with van der Waals surface area (Å²) < 4.78 is 5.57. The molecular formula is C20H25N3O2. The molecule has 1 aliphatic heterocycles. The number of anilines is 1. The van der Waals surface area contributed by atoms with E-state index in [9.17, 15) is 4.79 Å². The molecule has 0 bridgehead atoms. The third-order valence-electron chi connectivity index (χ3n) is 4.53. The monoisotopic (exact) mass is 339 g/mol. The Balaban J connectivity index is 1.77. The normalized spacial score (nSPS) is 13.2. The van der Waals surface area contributed by atoms with Gasteiger partial charge < -0.3 is 21.1 Å². The molecule has 1 aliphatic rings. The van der Waals surface area contributed by atoms with E-state index in [4.69, 9.17) is 16.2 Å². The largest absolute Gasteiger partial charge is 0.492 e. The van der Waals surface area contributed by atoms with Gasteiger partial charge in [0.15, 0.2) is 0 Å². The molecule has 5 nitrogen and oxygen atoms in total. The van der Waals surface area contributed by atoms with Crippen molar-refractivity contribution in [2.24, 2.45) is 5.73 Å². The first-order chi connectivity index (χ1) is 12.0. The van der Waals surface area contributed by atoms with Gasteiger partial charge in [-0.25, -0.2) is 0 Å². The van der Waals surface area contributed by atoms with E-state index in [2.05, 4.69) is 13.8 Å². The predicted molar refractivity (Wildman–Crippen MR) is 99.5 cm³/mol. The van der Waals surface area contributed by atoms with Gasteiger partial charge in [0, 0.05) is 30.9 Å². The Kier molecular flexibility index (Phi) is 4.95. The second kappa shape index (κ2) is 7.15. The SMILES string of the molecule is CC(C)c1cc(C(=O)N2Cc3ccc(OCCN)cc3C2)ccc1N. The number of rotatable bonds is 5. The first-order valence-corrected chi connectivity index (χ1v) is 8.63. The van der Waals surface area contributed by atoms with Gasteiger partial charge in [-0.15, -0.1) is 0 Å². The number of carbonyl (C=O) groups excluding carboxylic acids is 1. The maximum Gasteiger partial charge on any atom is 0.254 e. The third-order valence-corrected chi connectivity index (χ3v) is 4.53. The minimum Gasteiger partial charge on any atom is -0.492 e. The van der Waals surface area contributed by atoms with Gasteiger partial charge in [-0.2, -0.15) is 0 Å². The van der Waals surface area contributed by atoms with Crippen molar-refractivity contribution in [2.75, 3.05) is 18.9 Å². The Bertz CT molecular complexity index is 787. The predicted octanol–water partition coefficient (Wildman–Crippen LogP) is 2.89. The van der Waals surface area contributed by atoms with Crippen molar-refractivity contribution >= 4 is 11.6 Å². The van der Waals surface area contributed by atoms with E-state index in [1.54, 1.807) is 0 Å². The smallest absolute Gasteiger partial charge is 0.254 e. The summed E-state index contributed by atoms with van der Waals surface area (Å²) in [5.41, 5.74) is 16.2. The highest BCUT2D eigenvalue weighted by Crippen LogP contribution is 2.29. The van der Waals surface area contributed by atoms with Crippen LogP contribution in [0.15, 0.2) is 36.4 Å². The fraction of sp³-hybridized carbons (Fsp3) is 0.350. The van der Waals surface area contributed by atoms with Gasteiger partial charge in [-0.05, 0) is 52.9 Å². The lowest BCUT2D eigenvalue weighted by Crippen LogP contribution is -2.25. The summed E-state index contributed by atoms with van der Waals surface area (Å²) in [6, 6.07) is 11.5. The average molecular weight is 339 g/mol. The van der Waals surface area contributed by atoms with Gasteiger partial charge in [0.1, 0.15) is 12.4 Å². The van der Waals surface area contributed by atoms with Crippen LogP contribution in [0.5, 0.6) is 5.75 Å². The minimum absolute atomic E-state index is 0.0301. The van der Waals surface area contributed by atoms with E-state index >= 15 is 0 Å².